The van der Waals surface area contributed by atoms with E-state index in [1.165, 1.54) is 34.6 Å². The Bertz CT molecular complexity index is 910. The summed E-state index contributed by atoms with van der Waals surface area (Å²) in [4.78, 5) is 22.6. The van der Waals surface area contributed by atoms with Gasteiger partial charge in [-0.1, -0.05) is 30.3 Å². The first kappa shape index (κ1) is 19.2. The Kier molecular flexibility index (Phi) is 6.13. The molecule has 2 aromatic carbocycles. The van der Waals surface area contributed by atoms with Gasteiger partial charge in [-0.3, -0.25) is 9.10 Å². The van der Waals surface area contributed by atoms with Crippen molar-refractivity contribution >= 4 is 27.6 Å². The van der Waals surface area contributed by atoms with Crippen LogP contribution in [0.3, 0.4) is 0 Å². The first-order valence-electron chi connectivity index (χ1n) is 7.60. The summed E-state index contributed by atoms with van der Waals surface area (Å²) in [5.74, 6) is -1.64. The van der Waals surface area contributed by atoms with E-state index in [9.17, 15) is 18.0 Å². The summed E-state index contributed by atoms with van der Waals surface area (Å²) >= 11 is 0. The molecule has 136 valence electrons. The number of hydrogen-bond acceptors (Lipinski definition) is 5. The van der Waals surface area contributed by atoms with Crippen LogP contribution in [0.2, 0.25) is 0 Å². The number of esters is 1. The fourth-order valence-corrected chi connectivity index (χ4v) is 3.67. The number of sulfonamides is 1. The van der Waals surface area contributed by atoms with Crippen LogP contribution in [0.15, 0.2) is 72.1 Å². The molecule has 0 saturated heterocycles. The molecule has 8 heteroatoms. The molecule has 0 aliphatic carbocycles. The quantitative estimate of drug-likeness (QED) is 0.559. The molecule has 0 heterocycles. The highest BCUT2D eigenvalue weighted by atomic mass is 32.2. The zero-order valence-corrected chi connectivity index (χ0v) is 14.7. The maximum absolute atomic E-state index is 13.0. The number of amides is 1. The Morgan fingerprint density at radius 3 is 2.42 bits per heavy atom. The minimum atomic E-state index is -3.94. The van der Waals surface area contributed by atoms with Crippen LogP contribution in [0.25, 0.3) is 0 Å². The van der Waals surface area contributed by atoms with E-state index in [2.05, 4.69) is 6.58 Å². The number of nitrogens with zero attached hydrogens (tertiary/aromatic N) is 1. The molecule has 7 nitrogen and oxygen atoms in total. The number of hydrogen-bond donors (Lipinski definition) is 1. The van der Waals surface area contributed by atoms with Crippen LogP contribution in [0.1, 0.15) is 10.4 Å². The molecule has 0 atom stereocenters. The molecule has 2 N–H and O–H groups in total. The second kappa shape index (κ2) is 8.30. The van der Waals surface area contributed by atoms with Gasteiger partial charge in [0.2, 0.25) is 0 Å². The van der Waals surface area contributed by atoms with Crippen LogP contribution in [-0.4, -0.2) is 33.4 Å². The molecule has 0 spiro atoms. The number of para-hydroxylation sites is 1. The molecule has 26 heavy (non-hydrogen) atoms. The van der Waals surface area contributed by atoms with E-state index in [1.54, 1.807) is 30.3 Å². The van der Waals surface area contributed by atoms with Crippen LogP contribution in [-0.2, 0) is 19.6 Å². The van der Waals surface area contributed by atoms with E-state index in [-0.39, 0.29) is 17.0 Å². The summed E-state index contributed by atoms with van der Waals surface area (Å²) in [5, 5.41) is 0. The van der Waals surface area contributed by atoms with Crippen LogP contribution >= 0.6 is 0 Å². The lowest BCUT2D eigenvalue weighted by Crippen LogP contribution is -2.31. The smallest absolute Gasteiger partial charge is 0.338 e. The third-order valence-electron chi connectivity index (χ3n) is 3.34. The number of primary amides is 1. The van der Waals surface area contributed by atoms with Crippen molar-refractivity contribution in [1.29, 1.82) is 0 Å². The van der Waals surface area contributed by atoms with Gasteiger partial charge in [0.05, 0.1) is 22.7 Å². The van der Waals surface area contributed by atoms with Crippen LogP contribution in [0.4, 0.5) is 5.69 Å². The number of rotatable bonds is 8. The van der Waals surface area contributed by atoms with Crippen molar-refractivity contribution in [2.24, 2.45) is 5.73 Å². The minimum absolute atomic E-state index is 0.000982. The molecule has 0 fully saturated rings. The third-order valence-corrected chi connectivity index (χ3v) is 5.13. The first-order valence-corrected chi connectivity index (χ1v) is 9.04. The van der Waals surface area contributed by atoms with Crippen LogP contribution < -0.4 is 10.0 Å². The molecule has 0 aromatic heterocycles. The van der Waals surface area contributed by atoms with E-state index < -0.39 is 28.5 Å². The highest BCUT2D eigenvalue weighted by Gasteiger charge is 2.25. The fourth-order valence-electron chi connectivity index (χ4n) is 2.18. The van der Waals surface area contributed by atoms with Crippen molar-refractivity contribution in [3.05, 3.63) is 72.8 Å². The average molecular weight is 374 g/mol. The molecule has 0 aliphatic heterocycles. The van der Waals surface area contributed by atoms with Gasteiger partial charge in [0, 0.05) is 0 Å². The minimum Gasteiger partial charge on any atom is -0.452 e. The lowest BCUT2D eigenvalue weighted by atomic mass is 10.2. The number of carbonyl (C=O) groups excluding carboxylic acids is 2. The predicted molar refractivity (Wildman–Crippen MR) is 97.1 cm³/mol. The predicted octanol–water partition coefficient (Wildman–Crippen LogP) is 1.71. The lowest BCUT2D eigenvalue weighted by molar-refractivity contribution is -0.121. The molecule has 0 radical (unpaired) electrons. The summed E-state index contributed by atoms with van der Waals surface area (Å²) in [5.41, 5.74) is 5.39. The van der Waals surface area contributed by atoms with Gasteiger partial charge in [0.1, 0.15) is 0 Å². The topological polar surface area (TPSA) is 107 Å². The van der Waals surface area contributed by atoms with Gasteiger partial charge in [-0.2, -0.15) is 0 Å². The van der Waals surface area contributed by atoms with Gasteiger partial charge in [0.25, 0.3) is 15.9 Å². The number of anilines is 1. The molecule has 0 bridgehead atoms. The van der Waals surface area contributed by atoms with Crippen molar-refractivity contribution in [2.75, 3.05) is 17.5 Å². The number of carbonyl (C=O) groups is 2. The third kappa shape index (κ3) is 4.48. The molecule has 0 aliphatic rings. The van der Waals surface area contributed by atoms with Crippen molar-refractivity contribution in [3.8, 4) is 0 Å². The largest absolute Gasteiger partial charge is 0.452 e. The summed E-state index contributed by atoms with van der Waals surface area (Å²) in [6.45, 7) is 3.07. The zero-order chi connectivity index (χ0) is 19.2. The zero-order valence-electron chi connectivity index (χ0n) is 13.9. The Balaban J connectivity index is 2.38. The van der Waals surface area contributed by atoms with Gasteiger partial charge < -0.3 is 10.5 Å². The van der Waals surface area contributed by atoms with E-state index in [0.29, 0.717) is 5.69 Å². The highest BCUT2D eigenvalue weighted by Crippen LogP contribution is 2.24. The summed E-state index contributed by atoms with van der Waals surface area (Å²) in [6, 6.07) is 13.9. The van der Waals surface area contributed by atoms with Crippen LogP contribution in [0, 0.1) is 0 Å². The van der Waals surface area contributed by atoms with Crippen LogP contribution in [0.5, 0.6) is 0 Å². The SMILES string of the molecule is C=CCN(c1ccccc1)S(=O)(=O)c1cccc(C(=O)OCC(N)=O)c1. The maximum Gasteiger partial charge on any atom is 0.338 e. The molecular formula is C18H18N2O5S. The van der Waals surface area contributed by atoms with Crippen molar-refractivity contribution < 1.29 is 22.7 Å². The van der Waals surface area contributed by atoms with Gasteiger partial charge in [-0.05, 0) is 30.3 Å². The Morgan fingerprint density at radius 2 is 1.81 bits per heavy atom. The van der Waals surface area contributed by atoms with Crippen molar-refractivity contribution in [2.45, 2.75) is 4.90 Å². The molecule has 2 rings (SSSR count). The van der Waals surface area contributed by atoms with E-state index in [4.69, 9.17) is 10.5 Å². The summed E-state index contributed by atoms with van der Waals surface area (Å²) in [6.07, 6.45) is 1.47. The van der Waals surface area contributed by atoms with Crippen molar-refractivity contribution in [1.82, 2.24) is 0 Å². The highest BCUT2D eigenvalue weighted by molar-refractivity contribution is 7.92. The summed E-state index contributed by atoms with van der Waals surface area (Å²) < 4.78 is 31.9. The molecule has 1 amide bonds. The lowest BCUT2D eigenvalue weighted by Gasteiger charge is -2.23. The second-order valence-electron chi connectivity index (χ2n) is 5.23. The fraction of sp³-hybridized carbons (Fsp3) is 0.111. The maximum atomic E-state index is 13.0. The molecular weight excluding hydrogens is 356 g/mol. The van der Waals surface area contributed by atoms with Gasteiger partial charge >= 0.3 is 5.97 Å². The number of benzene rings is 2. The average Bonchev–Trinajstić information content (AvgIpc) is 2.64. The summed E-state index contributed by atoms with van der Waals surface area (Å²) in [7, 11) is -3.94. The Morgan fingerprint density at radius 1 is 1.12 bits per heavy atom. The monoisotopic (exact) mass is 374 g/mol. The van der Waals surface area contributed by atoms with E-state index in [1.807, 2.05) is 0 Å². The molecule has 0 unspecified atom stereocenters. The second-order valence-corrected chi connectivity index (χ2v) is 7.09. The standard InChI is InChI=1S/C18H18N2O5S/c1-2-11-20(15-8-4-3-5-9-15)26(23,24)16-10-6-7-14(12-16)18(22)25-13-17(19)21/h2-10,12H,1,11,13H2,(H2,19,21). The Labute approximate surface area is 151 Å². The first-order chi connectivity index (χ1) is 12.4. The van der Waals surface area contributed by atoms with E-state index in [0.717, 1.165) is 0 Å². The van der Waals surface area contributed by atoms with Gasteiger partial charge in [-0.15, -0.1) is 6.58 Å². The normalized spacial score (nSPS) is 10.8. The molecule has 2 aromatic rings. The molecule has 0 saturated carbocycles. The number of nitrogens with two attached hydrogens (primary N) is 1. The number of ether oxygens (including phenoxy) is 1. The van der Waals surface area contributed by atoms with E-state index >= 15 is 0 Å². The Hall–Kier alpha value is -3.13. The van der Waals surface area contributed by atoms with Gasteiger partial charge in [0.15, 0.2) is 6.61 Å². The van der Waals surface area contributed by atoms with Crippen molar-refractivity contribution in [3.63, 3.8) is 0 Å². The van der Waals surface area contributed by atoms with Gasteiger partial charge in [-0.25, -0.2) is 13.2 Å².